The van der Waals surface area contributed by atoms with Gasteiger partial charge in [-0.05, 0) is 54.8 Å². The molecule has 1 amide bonds. The van der Waals surface area contributed by atoms with E-state index < -0.39 is 10.0 Å². The molecular weight excluding hydrogens is 412 g/mol. The summed E-state index contributed by atoms with van der Waals surface area (Å²) in [5, 5.41) is 2.85. The average Bonchev–Trinajstić information content (AvgIpc) is 2.75. The van der Waals surface area contributed by atoms with Gasteiger partial charge in [-0.25, -0.2) is 13.1 Å². The minimum absolute atomic E-state index is 0.123. The maximum absolute atomic E-state index is 12.9. The Labute approximate surface area is 183 Å². The Morgan fingerprint density at radius 1 is 0.935 bits per heavy atom. The fourth-order valence-electron chi connectivity index (χ4n) is 3.24. The molecule has 0 heterocycles. The Kier molecular flexibility index (Phi) is 7.57. The van der Waals surface area contributed by atoms with Gasteiger partial charge in [-0.2, -0.15) is 0 Å². The monoisotopic (exact) mass is 438 g/mol. The Balaban J connectivity index is 1.72. The molecule has 3 rings (SSSR count). The molecule has 0 spiro atoms. The smallest absolute Gasteiger partial charge is 0.255 e. The third kappa shape index (κ3) is 6.24. The molecule has 0 aliphatic carbocycles. The van der Waals surface area contributed by atoms with Crippen LogP contribution in [-0.4, -0.2) is 34.1 Å². The number of benzene rings is 3. The summed E-state index contributed by atoms with van der Waals surface area (Å²) in [6.07, 6.45) is 0.646. The zero-order valence-electron chi connectivity index (χ0n) is 17.5. The molecule has 3 aromatic rings. The third-order valence-electron chi connectivity index (χ3n) is 4.69. The summed E-state index contributed by atoms with van der Waals surface area (Å²) in [5.74, 6) is -0.242. The van der Waals surface area contributed by atoms with Crippen molar-refractivity contribution in [3.63, 3.8) is 0 Å². The molecule has 0 aromatic heterocycles. The number of ether oxygens (including phenoxy) is 1. The highest BCUT2D eigenvalue weighted by atomic mass is 32.2. The predicted octanol–water partition coefficient (Wildman–Crippen LogP) is 3.84. The minimum Gasteiger partial charge on any atom is -0.383 e. The van der Waals surface area contributed by atoms with Crippen LogP contribution >= 0.6 is 0 Å². The normalized spacial score (nSPS) is 12.3. The molecule has 1 atom stereocenters. The lowest BCUT2D eigenvalue weighted by Crippen LogP contribution is -2.35. The van der Waals surface area contributed by atoms with Gasteiger partial charge in [-0.15, -0.1) is 0 Å². The lowest BCUT2D eigenvalue weighted by molar-refractivity contribution is 0.102. The van der Waals surface area contributed by atoms with Gasteiger partial charge in [-0.1, -0.05) is 48.5 Å². The van der Waals surface area contributed by atoms with Gasteiger partial charge < -0.3 is 10.1 Å². The third-order valence-corrected chi connectivity index (χ3v) is 6.30. The molecule has 6 nitrogen and oxygen atoms in total. The zero-order chi connectivity index (χ0) is 22.3. The van der Waals surface area contributed by atoms with E-state index in [2.05, 4.69) is 10.0 Å². The summed E-state index contributed by atoms with van der Waals surface area (Å²) < 4.78 is 32.4. The van der Waals surface area contributed by atoms with Crippen LogP contribution in [-0.2, 0) is 21.2 Å². The van der Waals surface area contributed by atoms with Crippen molar-refractivity contribution in [2.75, 3.05) is 19.0 Å². The molecule has 31 heavy (non-hydrogen) atoms. The van der Waals surface area contributed by atoms with Gasteiger partial charge in [0, 0.05) is 24.4 Å². The predicted molar refractivity (Wildman–Crippen MR) is 122 cm³/mol. The van der Waals surface area contributed by atoms with Crippen molar-refractivity contribution in [2.24, 2.45) is 0 Å². The number of hydrogen-bond donors (Lipinski definition) is 2. The number of nitrogens with one attached hydrogen (secondary N) is 2. The zero-order valence-corrected chi connectivity index (χ0v) is 18.4. The molecule has 0 aliphatic heterocycles. The van der Waals surface area contributed by atoms with E-state index in [4.69, 9.17) is 4.74 Å². The van der Waals surface area contributed by atoms with E-state index in [9.17, 15) is 13.2 Å². The number of rotatable bonds is 9. The van der Waals surface area contributed by atoms with Crippen LogP contribution in [0.1, 0.15) is 28.4 Å². The van der Waals surface area contributed by atoms with E-state index in [0.717, 1.165) is 11.1 Å². The topological polar surface area (TPSA) is 84.5 Å². The van der Waals surface area contributed by atoms with Crippen LogP contribution in [0.3, 0.4) is 0 Å². The maximum Gasteiger partial charge on any atom is 0.255 e. The minimum atomic E-state index is -3.66. The van der Waals surface area contributed by atoms with Gasteiger partial charge in [0.1, 0.15) is 0 Å². The second-order valence-corrected chi connectivity index (χ2v) is 8.99. The van der Waals surface area contributed by atoms with Crippen molar-refractivity contribution in [3.8, 4) is 0 Å². The first-order chi connectivity index (χ1) is 14.9. The van der Waals surface area contributed by atoms with Gasteiger partial charge in [0.15, 0.2) is 0 Å². The second-order valence-electron chi connectivity index (χ2n) is 7.28. The van der Waals surface area contributed by atoms with Crippen molar-refractivity contribution in [1.82, 2.24) is 4.72 Å². The molecule has 0 saturated heterocycles. The van der Waals surface area contributed by atoms with Gasteiger partial charge in [-0.3, -0.25) is 4.79 Å². The number of carbonyl (C=O) groups is 1. The molecule has 0 radical (unpaired) electrons. The summed E-state index contributed by atoms with van der Waals surface area (Å²) in [7, 11) is -2.15. The van der Waals surface area contributed by atoms with E-state index >= 15 is 0 Å². The Bertz CT molecular complexity index is 1110. The number of carbonyl (C=O) groups excluding carboxylic acids is 1. The van der Waals surface area contributed by atoms with Crippen molar-refractivity contribution in [1.29, 1.82) is 0 Å². The van der Waals surface area contributed by atoms with Crippen molar-refractivity contribution < 1.29 is 17.9 Å². The molecule has 2 N–H and O–H groups in total. The van der Waals surface area contributed by atoms with E-state index in [1.165, 1.54) is 19.2 Å². The van der Waals surface area contributed by atoms with Crippen LogP contribution in [0.5, 0.6) is 0 Å². The Morgan fingerprint density at radius 3 is 2.26 bits per heavy atom. The van der Waals surface area contributed by atoms with Crippen molar-refractivity contribution in [2.45, 2.75) is 24.3 Å². The lowest BCUT2D eigenvalue weighted by atomic mass is 9.99. The first-order valence-corrected chi connectivity index (χ1v) is 11.4. The summed E-state index contributed by atoms with van der Waals surface area (Å²) >= 11 is 0. The maximum atomic E-state index is 12.9. The SMILES string of the molecule is COCC(C)NS(=O)(=O)c1ccc(NC(=O)c2ccccc2Cc2ccccc2)cc1. The highest BCUT2D eigenvalue weighted by molar-refractivity contribution is 7.89. The quantitative estimate of drug-likeness (QED) is 0.532. The molecule has 3 aromatic carbocycles. The Morgan fingerprint density at radius 2 is 1.58 bits per heavy atom. The standard InChI is InChI=1S/C24H26N2O4S/c1-18(17-30-2)26-31(28,29)22-14-12-21(13-15-22)25-24(27)23-11-7-6-10-20(23)16-19-8-4-3-5-9-19/h3-15,18,26H,16-17H2,1-2H3,(H,25,27). The molecule has 162 valence electrons. The summed E-state index contributed by atoms with van der Waals surface area (Å²) in [6, 6.07) is 23.1. The van der Waals surface area contributed by atoms with Crippen molar-refractivity contribution in [3.05, 3.63) is 95.6 Å². The van der Waals surface area contributed by atoms with E-state index in [1.54, 1.807) is 25.1 Å². The number of amides is 1. The summed E-state index contributed by atoms with van der Waals surface area (Å²) in [6.45, 7) is 2.00. The van der Waals surface area contributed by atoms with E-state index in [-0.39, 0.29) is 23.5 Å². The van der Waals surface area contributed by atoms with Crippen LogP contribution in [0.4, 0.5) is 5.69 Å². The van der Waals surface area contributed by atoms with Crippen LogP contribution in [0.15, 0.2) is 83.8 Å². The van der Waals surface area contributed by atoms with Crippen LogP contribution in [0.2, 0.25) is 0 Å². The molecule has 0 fully saturated rings. The van der Waals surface area contributed by atoms with Gasteiger partial charge in [0.25, 0.3) is 5.91 Å². The largest absolute Gasteiger partial charge is 0.383 e. The van der Waals surface area contributed by atoms with Crippen LogP contribution in [0.25, 0.3) is 0 Å². The van der Waals surface area contributed by atoms with Gasteiger partial charge >= 0.3 is 0 Å². The average molecular weight is 439 g/mol. The number of methoxy groups -OCH3 is 1. The molecule has 7 heteroatoms. The second kappa shape index (κ2) is 10.3. The van der Waals surface area contributed by atoms with Crippen molar-refractivity contribution >= 4 is 21.6 Å². The number of hydrogen-bond acceptors (Lipinski definition) is 4. The molecule has 1 unspecified atom stereocenters. The van der Waals surface area contributed by atoms with Crippen LogP contribution < -0.4 is 10.0 Å². The van der Waals surface area contributed by atoms with Gasteiger partial charge in [0.2, 0.25) is 10.0 Å². The Hall–Kier alpha value is -3.00. The number of sulfonamides is 1. The number of anilines is 1. The lowest BCUT2D eigenvalue weighted by Gasteiger charge is -2.14. The van der Waals surface area contributed by atoms with E-state index in [1.807, 2.05) is 48.5 Å². The fourth-order valence-corrected chi connectivity index (χ4v) is 4.47. The van der Waals surface area contributed by atoms with E-state index in [0.29, 0.717) is 17.7 Å². The molecular formula is C24H26N2O4S. The first-order valence-electron chi connectivity index (χ1n) is 9.93. The molecule has 0 saturated carbocycles. The van der Waals surface area contributed by atoms with Gasteiger partial charge in [0.05, 0.1) is 11.5 Å². The highest BCUT2D eigenvalue weighted by Gasteiger charge is 2.18. The highest BCUT2D eigenvalue weighted by Crippen LogP contribution is 2.18. The molecule has 0 bridgehead atoms. The fraction of sp³-hybridized carbons (Fsp3) is 0.208. The molecule has 0 aliphatic rings. The summed E-state index contributed by atoms with van der Waals surface area (Å²) in [4.78, 5) is 13.0. The first kappa shape index (κ1) is 22.7. The summed E-state index contributed by atoms with van der Waals surface area (Å²) in [5.41, 5.74) is 3.13. The van der Waals surface area contributed by atoms with Crippen LogP contribution in [0, 0.1) is 0 Å².